The molecule has 2 aliphatic heterocycles. The highest BCUT2D eigenvalue weighted by atomic mass is 32.1. The molecule has 4 heterocycles. The van der Waals surface area contributed by atoms with Crippen molar-refractivity contribution in [2.45, 2.75) is 65.1 Å². The SMILES string of the molecule is CN1CCN(c2ccc3nc(CNC(=O)C4(C(C(=O)OC(C)(C)C)C5(C(=O)NCc6nc7ccc(N8CCN(C)CC8)cc7s6)Cc6ccccc6C5)Cc5ccccc5C4)sc3c2)CC1. The van der Waals surface area contributed by atoms with Crippen LogP contribution < -0.4 is 20.4 Å². The second kappa shape index (κ2) is 17.7. The first-order chi connectivity index (χ1) is 31.7. The molecule has 2 fully saturated rings. The molecule has 4 aliphatic rings. The van der Waals surface area contributed by atoms with Crippen LogP contribution in [-0.2, 0) is 57.9 Å². The van der Waals surface area contributed by atoms with Crippen LogP contribution >= 0.6 is 22.7 Å². The Labute approximate surface area is 395 Å². The van der Waals surface area contributed by atoms with Crippen molar-refractivity contribution in [1.29, 1.82) is 0 Å². The lowest BCUT2D eigenvalue weighted by Crippen LogP contribution is -2.61. The Kier molecular flexibility index (Phi) is 11.9. The number of anilines is 2. The summed E-state index contributed by atoms with van der Waals surface area (Å²) in [5.74, 6) is -2.25. The summed E-state index contributed by atoms with van der Waals surface area (Å²) < 4.78 is 8.51. The third-order valence-corrected chi connectivity index (χ3v) is 16.3. The molecule has 14 heteroatoms. The summed E-state index contributed by atoms with van der Waals surface area (Å²) in [4.78, 5) is 65.9. The number of fused-ring (bicyclic) bond motifs is 4. The van der Waals surface area contributed by atoms with Crippen molar-refractivity contribution in [2.75, 3.05) is 76.3 Å². The molecule has 2 N–H and O–H groups in total. The van der Waals surface area contributed by atoms with Crippen molar-refractivity contribution in [3.63, 3.8) is 0 Å². The van der Waals surface area contributed by atoms with Crippen molar-refractivity contribution >= 4 is 72.3 Å². The maximum Gasteiger partial charge on any atom is 0.311 e. The third-order valence-electron chi connectivity index (χ3n) is 14.3. The molecule has 0 radical (unpaired) electrons. The average Bonchev–Trinajstić information content (AvgIpc) is 4.09. The maximum absolute atomic E-state index is 15.6. The Hall–Kier alpha value is -5.41. The van der Waals surface area contributed by atoms with Crippen molar-refractivity contribution in [1.82, 2.24) is 30.4 Å². The van der Waals surface area contributed by atoms with Crippen molar-refractivity contribution in [2.24, 2.45) is 16.7 Å². The number of nitrogens with zero attached hydrogens (tertiary/aromatic N) is 6. The van der Waals surface area contributed by atoms with Gasteiger partial charge in [0.2, 0.25) is 11.8 Å². The molecule has 6 aromatic rings. The number of benzene rings is 4. The van der Waals surface area contributed by atoms with E-state index in [1.54, 1.807) is 22.7 Å². The minimum Gasteiger partial charge on any atom is -0.460 e. The Morgan fingerprint density at radius 1 is 0.606 bits per heavy atom. The van der Waals surface area contributed by atoms with Gasteiger partial charge in [-0.05, 0) is 119 Å². The second-order valence-corrected chi connectivity index (χ2v) is 22.2. The zero-order valence-corrected chi connectivity index (χ0v) is 40.3. The number of likely N-dealkylation sites (N-methyl/N-ethyl adjacent to an activating group) is 2. The van der Waals surface area contributed by atoms with Crippen LogP contribution in [0, 0.1) is 16.7 Å². The van der Waals surface area contributed by atoms with Gasteiger partial charge < -0.3 is 35.0 Å². The van der Waals surface area contributed by atoms with Gasteiger partial charge in [0.15, 0.2) is 0 Å². The lowest BCUT2D eigenvalue weighted by atomic mass is 9.57. The highest BCUT2D eigenvalue weighted by Crippen LogP contribution is 2.56. The van der Waals surface area contributed by atoms with Crippen molar-refractivity contribution in [3.05, 3.63) is 117 Å². The van der Waals surface area contributed by atoms with E-state index in [1.807, 2.05) is 69.3 Å². The number of esters is 1. The summed E-state index contributed by atoms with van der Waals surface area (Å²) in [6.45, 7) is 13.9. The number of piperazine rings is 2. The lowest BCUT2D eigenvalue weighted by Gasteiger charge is -2.45. The van der Waals surface area contributed by atoms with Crippen LogP contribution in [0.3, 0.4) is 0 Å². The van der Waals surface area contributed by atoms with E-state index in [0.29, 0.717) is 0 Å². The van der Waals surface area contributed by atoms with E-state index in [0.717, 1.165) is 105 Å². The zero-order chi connectivity index (χ0) is 45.8. The molecule has 0 atom stereocenters. The number of nitrogens with one attached hydrogen (secondary N) is 2. The molecule has 0 spiro atoms. The van der Waals surface area contributed by atoms with Gasteiger partial charge in [-0.2, -0.15) is 0 Å². The van der Waals surface area contributed by atoms with Crippen LogP contribution in [-0.4, -0.2) is 110 Å². The normalized spacial score (nSPS) is 18.5. The van der Waals surface area contributed by atoms with Gasteiger partial charge in [-0.15, -0.1) is 22.7 Å². The quantitative estimate of drug-likeness (QED) is 0.133. The van der Waals surface area contributed by atoms with E-state index in [9.17, 15) is 0 Å². The number of carbonyl (C=O) groups is 3. The topological polar surface area (TPSA) is 123 Å². The summed E-state index contributed by atoms with van der Waals surface area (Å²) in [6, 6.07) is 28.9. The molecule has 2 aliphatic carbocycles. The van der Waals surface area contributed by atoms with E-state index in [-0.39, 0.29) is 50.6 Å². The number of rotatable bonds is 11. The average molecular weight is 925 g/mol. The molecule has 344 valence electrons. The molecule has 4 aromatic carbocycles. The van der Waals surface area contributed by atoms with Crippen LogP contribution in [0.5, 0.6) is 0 Å². The Morgan fingerprint density at radius 2 is 0.985 bits per heavy atom. The highest BCUT2D eigenvalue weighted by molar-refractivity contribution is 7.18. The van der Waals surface area contributed by atoms with E-state index in [4.69, 9.17) is 14.7 Å². The van der Waals surface area contributed by atoms with Gasteiger partial charge in [-0.25, -0.2) is 9.97 Å². The number of amides is 2. The van der Waals surface area contributed by atoms with Crippen molar-refractivity contribution in [3.8, 4) is 0 Å². The van der Waals surface area contributed by atoms with Gasteiger partial charge in [0.05, 0.1) is 50.3 Å². The van der Waals surface area contributed by atoms with Crippen LogP contribution in [0.25, 0.3) is 20.4 Å². The number of hydrogen-bond donors (Lipinski definition) is 2. The molecule has 12 nitrogen and oxygen atoms in total. The van der Waals surface area contributed by atoms with E-state index in [2.05, 4.69) is 80.7 Å². The first-order valence-corrected chi connectivity index (χ1v) is 25.0. The number of thiazole rings is 2. The molecule has 2 aromatic heterocycles. The van der Waals surface area contributed by atoms with E-state index >= 15 is 14.4 Å². The predicted molar refractivity (Wildman–Crippen MR) is 264 cm³/mol. The molecule has 0 unspecified atom stereocenters. The van der Waals surface area contributed by atoms with Gasteiger partial charge in [0, 0.05) is 63.7 Å². The number of ether oxygens (including phenoxy) is 1. The summed E-state index contributed by atoms with van der Waals surface area (Å²) in [5, 5.41) is 8.16. The lowest BCUT2D eigenvalue weighted by molar-refractivity contribution is -0.179. The first kappa shape index (κ1) is 44.4. The summed E-state index contributed by atoms with van der Waals surface area (Å²) in [6.07, 6.45) is 1.14. The predicted octanol–water partition coefficient (Wildman–Crippen LogP) is 6.87. The summed E-state index contributed by atoms with van der Waals surface area (Å²) in [7, 11) is 4.31. The number of aromatic nitrogens is 2. The molecular weight excluding hydrogens is 865 g/mol. The van der Waals surface area contributed by atoms with Gasteiger partial charge in [0.1, 0.15) is 15.6 Å². The molecule has 66 heavy (non-hydrogen) atoms. The molecule has 0 saturated carbocycles. The Morgan fingerprint density at radius 3 is 1.35 bits per heavy atom. The van der Waals surface area contributed by atoms with Gasteiger partial charge >= 0.3 is 5.97 Å². The molecule has 2 saturated heterocycles. The van der Waals surface area contributed by atoms with Gasteiger partial charge in [-0.1, -0.05) is 48.5 Å². The van der Waals surface area contributed by atoms with E-state index < -0.39 is 28.3 Å². The largest absolute Gasteiger partial charge is 0.460 e. The van der Waals surface area contributed by atoms with Crippen LogP contribution in [0.4, 0.5) is 11.4 Å². The fourth-order valence-electron chi connectivity index (χ4n) is 10.9. The number of hydrogen-bond acceptors (Lipinski definition) is 12. The third kappa shape index (κ3) is 8.68. The van der Waals surface area contributed by atoms with Crippen LogP contribution in [0.15, 0.2) is 84.9 Å². The second-order valence-electron chi connectivity index (χ2n) is 20.0. The first-order valence-electron chi connectivity index (χ1n) is 23.3. The zero-order valence-electron chi connectivity index (χ0n) is 38.7. The maximum atomic E-state index is 15.6. The number of carbonyl (C=O) groups excluding carboxylic acids is 3. The molecule has 0 bridgehead atoms. The van der Waals surface area contributed by atoms with Gasteiger partial charge in [-0.3, -0.25) is 14.4 Å². The molecule has 10 rings (SSSR count). The smallest absolute Gasteiger partial charge is 0.311 e. The minimum absolute atomic E-state index is 0.189. The highest BCUT2D eigenvalue weighted by Gasteiger charge is 2.65. The fraction of sp³-hybridized carbons (Fsp3) is 0.442. The van der Waals surface area contributed by atoms with Crippen molar-refractivity contribution < 1.29 is 19.1 Å². The van der Waals surface area contributed by atoms with Crippen LogP contribution in [0.1, 0.15) is 53.0 Å². The standard InChI is InChI=1S/C52H60N8O4S2/c1-50(2,3)64-47(61)46(51(28-34-10-6-7-11-35(34)29-51)48(62)53-32-44-55-40-16-14-38(26-42(40)65-44)59-22-18-57(4)19-23-59)52(30-36-12-8-9-13-37(36)31-52)49(63)54-33-45-56-41-17-15-39(27-43(41)66-45)60-24-20-58(5)21-25-60/h6-17,26-27,46H,18-25,28-33H2,1-5H3,(H,53,62)(H,54,63). The van der Waals surface area contributed by atoms with Crippen LogP contribution in [0.2, 0.25) is 0 Å². The Balaban J connectivity index is 0.984. The van der Waals surface area contributed by atoms with E-state index in [1.165, 1.54) is 11.4 Å². The van der Waals surface area contributed by atoms with Gasteiger partial charge in [0.25, 0.3) is 0 Å². The minimum atomic E-state index is -1.35. The molecule has 2 amide bonds. The Bertz CT molecular complexity index is 2570. The fourth-order valence-corrected chi connectivity index (χ4v) is 12.8. The summed E-state index contributed by atoms with van der Waals surface area (Å²) in [5.41, 5.74) is 4.52. The molecular formula is C52H60N8O4S2. The summed E-state index contributed by atoms with van der Waals surface area (Å²) >= 11 is 3.15. The monoisotopic (exact) mass is 924 g/mol.